The summed E-state index contributed by atoms with van der Waals surface area (Å²) in [5.74, 6) is 0.837. The van der Waals surface area contributed by atoms with Crippen LogP contribution in [0.15, 0.2) is 10.7 Å². The Kier molecular flexibility index (Phi) is 3.75. The Labute approximate surface area is 115 Å². The van der Waals surface area contributed by atoms with Crippen molar-refractivity contribution in [3.63, 3.8) is 0 Å². The minimum absolute atomic E-state index is 0.0377. The summed E-state index contributed by atoms with van der Waals surface area (Å²) in [5.41, 5.74) is 7.43. The molecule has 2 heterocycles. The molecule has 1 amide bonds. The number of nitrogen functional groups attached to an aromatic ring is 1. The average Bonchev–Trinajstić information content (AvgIpc) is 2.84. The quantitative estimate of drug-likeness (QED) is 0.867. The minimum Gasteiger partial charge on any atom is -0.397 e. The fourth-order valence-corrected chi connectivity index (χ4v) is 2.80. The Morgan fingerprint density at radius 1 is 1.67 bits per heavy atom. The van der Waals surface area contributed by atoms with E-state index in [-0.39, 0.29) is 11.9 Å². The van der Waals surface area contributed by atoms with Crippen LogP contribution < -0.4 is 16.0 Å². The van der Waals surface area contributed by atoms with Crippen molar-refractivity contribution in [1.29, 1.82) is 0 Å². The number of pyridine rings is 1. The maximum atomic E-state index is 11.8. The van der Waals surface area contributed by atoms with E-state index < -0.39 is 0 Å². The van der Waals surface area contributed by atoms with Crippen LogP contribution in [-0.2, 0) is 4.79 Å². The van der Waals surface area contributed by atoms with E-state index >= 15 is 0 Å². The van der Waals surface area contributed by atoms with Crippen LogP contribution in [0.5, 0.6) is 0 Å². The lowest BCUT2D eigenvalue weighted by molar-refractivity contribution is -0.121. The van der Waals surface area contributed by atoms with Crippen molar-refractivity contribution in [2.75, 3.05) is 24.2 Å². The Balaban J connectivity index is 2.36. The van der Waals surface area contributed by atoms with E-state index in [0.29, 0.717) is 5.69 Å². The molecule has 1 atom stereocenters. The third-order valence-electron chi connectivity index (χ3n) is 3.36. The van der Waals surface area contributed by atoms with Gasteiger partial charge in [0, 0.05) is 13.6 Å². The Morgan fingerprint density at radius 2 is 2.39 bits per heavy atom. The Hall–Kier alpha value is -1.30. The van der Waals surface area contributed by atoms with Crippen molar-refractivity contribution in [2.45, 2.75) is 25.8 Å². The summed E-state index contributed by atoms with van der Waals surface area (Å²) >= 11 is 3.52. The molecule has 1 fully saturated rings. The number of carbonyl (C=O) groups is 1. The van der Waals surface area contributed by atoms with E-state index in [1.807, 2.05) is 11.8 Å². The lowest BCUT2D eigenvalue weighted by Crippen LogP contribution is -2.42. The molecule has 1 unspecified atom stereocenters. The first-order valence-corrected chi connectivity index (χ1v) is 6.74. The lowest BCUT2D eigenvalue weighted by atomic mass is 10.2. The maximum Gasteiger partial charge on any atom is 0.242 e. The summed E-state index contributed by atoms with van der Waals surface area (Å²) in [5, 5.41) is 2.70. The Morgan fingerprint density at radius 3 is 3.06 bits per heavy atom. The summed E-state index contributed by atoms with van der Waals surface area (Å²) < 4.78 is 0.873. The van der Waals surface area contributed by atoms with Gasteiger partial charge >= 0.3 is 0 Å². The molecule has 0 bridgehead atoms. The van der Waals surface area contributed by atoms with Crippen LogP contribution in [0.4, 0.5) is 11.5 Å². The van der Waals surface area contributed by atoms with Gasteiger partial charge in [-0.3, -0.25) is 4.79 Å². The fourth-order valence-electron chi connectivity index (χ4n) is 2.24. The molecule has 0 aliphatic carbocycles. The average molecular weight is 313 g/mol. The van der Waals surface area contributed by atoms with Crippen LogP contribution >= 0.6 is 15.9 Å². The molecule has 18 heavy (non-hydrogen) atoms. The molecule has 0 saturated carbocycles. The van der Waals surface area contributed by atoms with Crippen molar-refractivity contribution < 1.29 is 4.79 Å². The topological polar surface area (TPSA) is 71.2 Å². The number of likely N-dealkylation sites (N-methyl/N-ethyl adjacent to an activating group) is 1. The van der Waals surface area contributed by atoms with Crippen molar-refractivity contribution in [3.8, 4) is 0 Å². The predicted molar refractivity (Wildman–Crippen MR) is 75.5 cm³/mol. The highest BCUT2D eigenvalue weighted by molar-refractivity contribution is 9.10. The number of hydrogen-bond acceptors (Lipinski definition) is 4. The SMILES string of the molecule is CNC(=O)C1CCCN1c1ncc(N)c(C)c1Br. The number of anilines is 2. The van der Waals surface area contributed by atoms with E-state index in [2.05, 4.69) is 26.2 Å². The van der Waals surface area contributed by atoms with Crippen LogP contribution in [0.3, 0.4) is 0 Å². The normalized spacial score (nSPS) is 19.1. The zero-order chi connectivity index (χ0) is 13.3. The fraction of sp³-hybridized carbons (Fsp3) is 0.500. The second-order valence-corrected chi connectivity index (χ2v) is 5.23. The van der Waals surface area contributed by atoms with Crippen molar-refractivity contribution in [2.24, 2.45) is 0 Å². The molecule has 3 N–H and O–H groups in total. The van der Waals surface area contributed by atoms with E-state index in [1.54, 1.807) is 13.2 Å². The summed E-state index contributed by atoms with van der Waals surface area (Å²) in [7, 11) is 1.66. The molecule has 2 rings (SSSR count). The number of nitrogens with zero attached hydrogens (tertiary/aromatic N) is 2. The molecule has 0 spiro atoms. The summed E-state index contributed by atoms with van der Waals surface area (Å²) in [6.45, 7) is 2.78. The number of halogens is 1. The number of aromatic nitrogens is 1. The summed E-state index contributed by atoms with van der Waals surface area (Å²) in [4.78, 5) is 18.2. The summed E-state index contributed by atoms with van der Waals surface area (Å²) in [6, 6.07) is -0.137. The first kappa shape index (κ1) is 13.1. The third-order valence-corrected chi connectivity index (χ3v) is 4.31. The van der Waals surface area contributed by atoms with Crippen LogP contribution in [0.2, 0.25) is 0 Å². The van der Waals surface area contributed by atoms with Crippen LogP contribution in [0, 0.1) is 6.92 Å². The van der Waals surface area contributed by atoms with Gasteiger partial charge in [-0.05, 0) is 41.3 Å². The molecule has 98 valence electrons. The van der Waals surface area contributed by atoms with Crippen LogP contribution in [0.1, 0.15) is 18.4 Å². The van der Waals surface area contributed by atoms with Gasteiger partial charge in [0.15, 0.2) is 0 Å². The molecule has 1 aliphatic heterocycles. The molecule has 1 aromatic rings. The number of nitrogens with one attached hydrogen (secondary N) is 1. The number of rotatable bonds is 2. The van der Waals surface area contributed by atoms with Gasteiger partial charge < -0.3 is 16.0 Å². The largest absolute Gasteiger partial charge is 0.397 e. The number of carbonyl (C=O) groups excluding carboxylic acids is 1. The first-order chi connectivity index (χ1) is 8.56. The third kappa shape index (κ3) is 2.16. The van der Waals surface area contributed by atoms with Gasteiger partial charge in [0.05, 0.1) is 16.4 Å². The molecule has 1 aliphatic rings. The monoisotopic (exact) mass is 312 g/mol. The predicted octanol–water partition coefficient (Wildman–Crippen LogP) is 1.45. The van der Waals surface area contributed by atoms with Gasteiger partial charge in [-0.25, -0.2) is 4.98 Å². The maximum absolute atomic E-state index is 11.8. The highest BCUT2D eigenvalue weighted by atomic mass is 79.9. The van der Waals surface area contributed by atoms with Gasteiger partial charge in [-0.1, -0.05) is 0 Å². The first-order valence-electron chi connectivity index (χ1n) is 5.95. The molecule has 6 heteroatoms. The van der Waals surface area contributed by atoms with Crippen molar-refractivity contribution in [3.05, 3.63) is 16.2 Å². The molecule has 1 aromatic heterocycles. The summed E-state index contributed by atoms with van der Waals surface area (Å²) in [6.07, 6.45) is 3.50. The van der Waals surface area contributed by atoms with Gasteiger partial charge in [-0.2, -0.15) is 0 Å². The standard InChI is InChI=1S/C12H17BrN4O/c1-7-8(14)6-16-11(10(7)13)17-5-3-4-9(17)12(18)15-2/h6,9H,3-5,14H2,1-2H3,(H,15,18). The van der Waals surface area contributed by atoms with Crippen LogP contribution in [-0.4, -0.2) is 30.5 Å². The molecule has 5 nitrogen and oxygen atoms in total. The second-order valence-electron chi connectivity index (χ2n) is 4.44. The second kappa shape index (κ2) is 5.14. The molecular weight excluding hydrogens is 296 g/mol. The van der Waals surface area contributed by atoms with Crippen molar-refractivity contribution >= 4 is 33.3 Å². The molecular formula is C12H17BrN4O. The minimum atomic E-state index is -0.137. The van der Waals surface area contributed by atoms with Gasteiger partial charge in [0.25, 0.3) is 0 Å². The number of nitrogens with two attached hydrogens (primary N) is 1. The van der Waals surface area contributed by atoms with Crippen molar-refractivity contribution in [1.82, 2.24) is 10.3 Å². The number of hydrogen-bond donors (Lipinski definition) is 2. The van der Waals surface area contributed by atoms with E-state index in [4.69, 9.17) is 5.73 Å². The van der Waals surface area contributed by atoms with Gasteiger partial charge in [0.1, 0.15) is 11.9 Å². The van der Waals surface area contributed by atoms with Gasteiger partial charge in [0.2, 0.25) is 5.91 Å². The molecule has 0 aromatic carbocycles. The molecule has 1 saturated heterocycles. The zero-order valence-electron chi connectivity index (χ0n) is 10.5. The molecule has 0 radical (unpaired) electrons. The smallest absolute Gasteiger partial charge is 0.242 e. The van der Waals surface area contributed by atoms with E-state index in [9.17, 15) is 4.79 Å². The Bertz CT molecular complexity index is 477. The van der Waals surface area contributed by atoms with Gasteiger partial charge in [-0.15, -0.1) is 0 Å². The zero-order valence-corrected chi connectivity index (χ0v) is 12.1. The lowest BCUT2D eigenvalue weighted by Gasteiger charge is -2.26. The highest BCUT2D eigenvalue weighted by Crippen LogP contribution is 2.34. The highest BCUT2D eigenvalue weighted by Gasteiger charge is 2.32. The van der Waals surface area contributed by atoms with Crippen LogP contribution in [0.25, 0.3) is 0 Å². The van der Waals surface area contributed by atoms with E-state index in [0.717, 1.165) is 35.2 Å². The van der Waals surface area contributed by atoms with E-state index in [1.165, 1.54) is 0 Å². The number of amides is 1.